The molecule has 1 aromatic rings. The summed E-state index contributed by atoms with van der Waals surface area (Å²) in [6, 6.07) is 4.99. The number of hydrogen-bond acceptors (Lipinski definition) is 4. The molecule has 0 amide bonds. The van der Waals surface area contributed by atoms with Gasteiger partial charge in [-0.3, -0.25) is 0 Å². The number of hydrogen-bond donors (Lipinski definition) is 2. The number of rotatable bonds is 6. The van der Waals surface area contributed by atoms with Crippen LogP contribution in [-0.4, -0.2) is 26.0 Å². The van der Waals surface area contributed by atoms with Crippen LogP contribution in [0.1, 0.15) is 19.4 Å². The third kappa shape index (κ3) is 3.90. The summed E-state index contributed by atoms with van der Waals surface area (Å²) in [6.45, 7) is 5.65. The van der Waals surface area contributed by atoms with Gasteiger partial charge in [0.05, 0.1) is 5.69 Å². The maximum atomic E-state index is 12.2. The molecule has 1 aromatic carbocycles. The van der Waals surface area contributed by atoms with E-state index in [-0.39, 0.29) is 16.6 Å². The molecule has 4 nitrogen and oxygen atoms in total. The monoisotopic (exact) mass is 288 g/mol. The summed E-state index contributed by atoms with van der Waals surface area (Å²) in [4.78, 5) is 0.193. The quantitative estimate of drug-likeness (QED) is 0.785. The zero-order valence-corrected chi connectivity index (χ0v) is 12.6. The maximum absolute atomic E-state index is 12.2. The molecule has 0 aromatic heterocycles. The van der Waals surface area contributed by atoms with Crippen LogP contribution in [0, 0.1) is 6.92 Å². The highest BCUT2D eigenvalue weighted by molar-refractivity contribution is 7.99. The van der Waals surface area contributed by atoms with Crippen molar-refractivity contribution in [3.63, 3.8) is 0 Å². The second-order valence-corrected chi connectivity index (χ2v) is 7.14. The summed E-state index contributed by atoms with van der Waals surface area (Å²) in [6.07, 6.45) is 0. The van der Waals surface area contributed by atoms with Crippen molar-refractivity contribution in [3.8, 4) is 0 Å². The van der Waals surface area contributed by atoms with Crippen molar-refractivity contribution in [2.75, 3.05) is 17.2 Å². The molecule has 0 aliphatic carbocycles. The molecule has 1 rings (SSSR count). The minimum atomic E-state index is -3.54. The van der Waals surface area contributed by atoms with Crippen LogP contribution in [0.15, 0.2) is 23.1 Å². The first-order valence-electron chi connectivity index (χ1n) is 5.83. The van der Waals surface area contributed by atoms with Gasteiger partial charge in [0, 0.05) is 11.8 Å². The summed E-state index contributed by atoms with van der Waals surface area (Å²) >= 11 is 1.70. The average Bonchev–Trinajstić information content (AvgIpc) is 2.25. The van der Waals surface area contributed by atoms with E-state index in [1.165, 1.54) is 0 Å². The van der Waals surface area contributed by atoms with Gasteiger partial charge in [-0.2, -0.15) is 11.8 Å². The topological polar surface area (TPSA) is 72.2 Å². The summed E-state index contributed by atoms with van der Waals surface area (Å²) in [5, 5.41) is 0. The molecule has 6 heteroatoms. The predicted octanol–water partition coefficient (Wildman–Crippen LogP) is 2.00. The highest BCUT2D eigenvalue weighted by Crippen LogP contribution is 2.22. The maximum Gasteiger partial charge on any atom is 0.243 e. The first-order valence-corrected chi connectivity index (χ1v) is 8.47. The second kappa shape index (κ2) is 6.45. The van der Waals surface area contributed by atoms with Crippen LogP contribution in [0.25, 0.3) is 0 Å². The Morgan fingerprint density at radius 2 is 2.11 bits per heavy atom. The molecule has 3 N–H and O–H groups in total. The van der Waals surface area contributed by atoms with E-state index in [0.717, 1.165) is 11.5 Å². The Hall–Kier alpha value is -0.720. The minimum Gasteiger partial charge on any atom is -0.398 e. The molecule has 0 radical (unpaired) electrons. The van der Waals surface area contributed by atoms with Crippen LogP contribution < -0.4 is 10.5 Å². The second-order valence-electron chi connectivity index (χ2n) is 4.18. The molecule has 1 atom stereocenters. The smallest absolute Gasteiger partial charge is 0.243 e. The van der Waals surface area contributed by atoms with Gasteiger partial charge in [-0.15, -0.1) is 0 Å². The third-order valence-corrected chi connectivity index (χ3v) is 5.39. The van der Waals surface area contributed by atoms with Crippen molar-refractivity contribution in [3.05, 3.63) is 23.8 Å². The van der Waals surface area contributed by atoms with E-state index < -0.39 is 10.0 Å². The molecule has 0 bridgehead atoms. The first kappa shape index (κ1) is 15.3. The fraction of sp³-hybridized carbons (Fsp3) is 0.500. The predicted molar refractivity (Wildman–Crippen MR) is 78.4 cm³/mol. The van der Waals surface area contributed by atoms with Gasteiger partial charge in [-0.1, -0.05) is 19.1 Å². The van der Waals surface area contributed by atoms with E-state index in [1.54, 1.807) is 36.9 Å². The van der Waals surface area contributed by atoms with Crippen LogP contribution in [0.3, 0.4) is 0 Å². The van der Waals surface area contributed by atoms with Gasteiger partial charge >= 0.3 is 0 Å². The van der Waals surface area contributed by atoms with Gasteiger partial charge in [0.15, 0.2) is 0 Å². The molecular formula is C12H20N2O2S2. The largest absolute Gasteiger partial charge is 0.398 e. The van der Waals surface area contributed by atoms with E-state index in [4.69, 9.17) is 5.73 Å². The number of nitrogen functional groups attached to an aromatic ring is 1. The number of thioether (sulfide) groups is 1. The van der Waals surface area contributed by atoms with Crippen molar-refractivity contribution in [1.82, 2.24) is 4.72 Å². The molecule has 18 heavy (non-hydrogen) atoms. The minimum absolute atomic E-state index is 0.112. The van der Waals surface area contributed by atoms with Crippen molar-refractivity contribution >= 4 is 27.5 Å². The Kier molecular flexibility index (Phi) is 5.49. The van der Waals surface area contributed by atoms with Crippen LogP contribution in [0.5, 0.6) is 0 Å². The number of nitrogens with one attached hydrogen (secondary N) is 1. The SMILES string of the molecule is CCSCC(C)NS(=O)(=O)c1c(C)cccc1N. The fourth-order valence-electron chi connectivity index (χ4n) is 1.69. The summed E-state index contributed by atoms with van der Waals surface area (Å²) in [5.74, 6) is 1.72. The van der Waals surface area contributed by atoms with E-state index in [1.807, 2.05) is 13.8 Å². The van der Waals surface area contributed by atoms with Gasteiger partial charge in [0.2, 0.25) is 10.0 Å². The highest BCUT2D eigenvalue weighted by atomic mass is 32.2. The van der Waals surface area contributed by atoms with E-state index in [2.05, 4.69) is 4.72 Å². The standard InChI is InChI=1S/C12H20N2O2S2/c1-4-17-8-10(3)14-18(15,16)12-9(2)6-5-7-11(12)13/h5-7,10,14H,4,8,13H2,1-3H3. The highest BCUT2D eigenvalue weighted by Gasteiger charge is 2.21. The molecule has 0 aliphatic heterocycles. The van der Waals surface area contributed by atoms with Crippen LogP contribution >= 0.6 is 11.8 Å². The van der Waals surface area contributed by atoms with Gasteiger partial charge in [-0.05, 0) is 31.2 Å². The lowest BCUT2D eigenvalue weighted by atomic mass is 10.2. The number of nitrogens with two attached hydrogens (primary N) is 1. The number of sulfonamides is 1. The Balaban J connectivity index is 2.93. The third-order valence-electron chi connectivity index (χ3n) is 2.44. The number of benzene rings is 1. The van der Waals surface area contributed by atoms with Gasteiger partial charge in [0.1, 0.15) is 4.90 Å². The zero-order chi connectivity index (χ0) is 13.8. The van der Waals surface area contributed by atoms with Gasteiger partial charge in [0.25, 0.3) is 0 Å². The van der Waals surface area contributed by atoms with Crippen LogP contribution in [-0.2, 0) is 10.0 Å². The lowest BCUT2D eigenvalue weighted by Gasteiger charge is -2.16. The van der Waals surface area contributed by atoms with Gasteiger partial charge < -0.3 is 5.73 Å². The zero-order valence-electron chi connectivity index (χ0n) is 10.9. The van der Waals surface area contributed by atoms with Crippen LogP contribution in [0.4, 0.5) is 5.69 Å². The van der Waals surface area contributed by atoms with Crippen LogP contribution in [0.2, 0.25) is 0 Å². The van der Waals surface area contributed by atoms with E-state index in [0.29, 0.717) is 5.56 Å². The Morgan fingerprint density at radius 1 is 1.44 bits per heavy atom. The van der Waals surface area contributed by atoms with E-state index in [9.17, 15) is 8.42 Å². The molecule has 0 saturated heterocycles. The van der Waals surface area contributed by atoms with Crippen molar-refractivity contribution in [2.24, 2.45) is 0 Å². The Labute approximate surface area is 113 Å². The number of aryl methyl sites for hydroxylation is 1. The Morgan fingerprint density at radius 3 is 2.67 bits per heavy atom. The van der Waals surface area contributed by atoms with Crippen molar-refractivity contribution < 1.29 is 8.42 Å². The molecule has 102 valence electrons. The van der Waals surface area contributed by atoms with Crippen molar-refractivity contribution in [1.29, 1.82) is 0 Å². The summed E-state index contributed by atoms with van der Waals surface area (Å²) in [5.41, 5.74) is 6.71. The molecule has 0 heterocycles. The van der Waals surface area contributed by atoms with Gasteiger partial charge in [-0.25, -0.2) is 13.1 Å². The molecule has 0 saturated carbocycles. The molecular weight excluding hydrogens is 268 g/mol. The molecule has 1 unspecified atom stereocenters. The normalized spacial score (nSPS) is 13.5. The molecule has 0 fully saturated rings. The average molecular weight is 288 g/mol. The number of anilines is 1. The Bertz CT molecular complexity index is 481. The molecule has 0 spiro atoms. The lowest BCUT2D eigenvalue weighted by Crippen LogP contribution is -2.35. The van der Waals surface area contributed by atoms with E-state index >= 15 is 0 Å². The summed E-state index contributed by atoms with van der Waals surface area (Å²) in [7, 11) is -3.54. The van der Waals surface area contributed by atoms with Crippen molar-refractivity contribution in [2.45, 2.75) is 31.7 Å². The summed E-state index contributed by atoms with van der Waals surface area (Å²) < 4.78 is 27.2. The lowest BCUT2D eigenvalue weighted by molar-refractivity contribution is 0.571. The fourth-order valence-corrected chi connectivity index (χ4v) is 4.07. The first-order chi connectivity index (χ1) is 8.38. The molecule has 0 aliphatic rings.